The van der Waals surface area contributed by atoms with Gasteiger partial charge in [-0.25, -0.2) is 19.9 Å². The zero-order valence-corrected chi connectivity index (χ0v) is 20.3. The Labute approximate surface area is 218 Å². The monoisotopic (exact) mass is 484 g/mol. The van der Waals surface area contributed by atoms with Crippen molar-refractivity contribution in [3.63, 3.8) is 0 Å². The van der Waals surface area contributed by atoms with Gasteiger partial charge in [0.15, 0.2) is 11.6 Å². The van der Waals surface area contributed by atoms with Crippen LogP contribution < -0.4 is 0 Å². The van der Waals surface area contributed by atoms with Crippen molar-refractivity contribution in [3.05, 3.63) is 122 Å². The van der Waals surface area contributed by atoms with Crippen LogP contribution in [0.4, 0.5) is 0 Å². The normalized spacial score (nSPS) is 11.7. The van der Waals surface area contributed by atoms with Crippen molar-refractivity contribution in [1.82, 2.24) is 19.9 Å². The molecule has 8 rings (SSSR count). The maximum Gasteiger partial charge on any atom is 0.159 e. The van der Waals surface area contributed by atoms with Gasteiger partial charge < -0.3 is 0 Å². The molecule has 6 aromatic carbocycles. The van der Waals surface area contributed by atoms with E-state index in [4.69, 9.17) is 0 Å². The lowest BCUT2D eigenvalue weighted by Gasteiger charge is -2.17. The molecule has 2 aromatic heterocycles. The molecular formula is C34H20N4. The number of aromatic nitrogens is 4. The summed E-state index contributed by atoms with van der Waals surface area (Å²) in [4.78, 5) is 18.1. The SMILES string of the molecule is c1cnc(-c2ccc3c4ccccc4c4c5cc(-c6ncccn6)ccc5c5ccccc5c4c3c2)nc1. The number of fused-ring (bicyclic) bond motifs is 11. The number of hydrogen-bond acceptors (Lipinski definition) is 4. The predicted octanol–water partition coefficient (Wildman–Crippen LogP) is 8.37. The molecule has 4 heteroatoms. The summed E-state index contributed by atoms with van der Waals surface area (Å²) in [5, 5.41) is 12.3. The lowest BCUT2D eigenvalue weighted by atomic mass is 9.86. The number of nitrogens with zero attached hydrogens (tertiary/aromatic N) is 4. The van der Waals surface area contributed by atoms with Crippen LogP contribution in [0.2, 0.25) is 0 Å². The molecule has 0 aliphatic carbocycles. The highest BCUT2D eigenvalue weighted by atomic mass is 14.9. The molecule has 0 atom stereocenters. The average Bonchev–Trinajstić information content (AvgIpc) is 3.01. The third kappa shape index (κ3) is 3.04. The predicted molar refractivity (Wildman–Crippen MR) is 156 cm³/mol. The van der Waals surface area contributed by atoms with Crippen LogP contribution in [0.15, 0.2) is 122 Å². The average molecular weight is 485 g/mol. The highest BCUT2D eigenvalue weighted by molar-refractivity contribution is 6.39. The first-order valence-corrected chi connectivity index (χ1v) is 12.6. The molecule has 0 N–H and O–H groups in total. The minimum atomic E-state index is 0.726. The van der Waals surface area contributed by atoms with Gasteiger partial charge in [0.2, 0.25) is 0 Å². The number of hydrogen-bond donors (Lipinski definition) is 0. The van der Waals surface area contributed by atoms with E-state index >= 15 is 0 Å². The maximum absolute atomic E-state index is 4.53. The van der Waals surface area contributed by atoms with Crippen LogP contribution in [0.5, 0.6) is 0 Å². The fourth-order valence-electron chi connectivity index (χ4n) is 5.85. The summed E-state index contributed by atoms with van der Waals surface area (Å²) in [5.41, 5.74) is 2.01. The van der Waals surface area contributed by atoms with E-state index in [1.165, 1.54) is 53.9 Å². The van der Waals surface area contributed by atoms with Crippen molar-refractivity contribution >= 4 is 53.9 Å². The summed E-state index contributed by atoms with van der Waals surface area (Å²) in [6.07, 6.45) is 7.17. The molecule has 0 spiro atoms. The lowest BCUT2D eigenvalue weighted by Crippen LogP contribution is -1.92. The summed E-state index contributed by atoms with van der Waals surface area (Å²) in [7, 11) is 0. The minimum Gasteiger partial charge on any atom is -0.237 e. The van der Waals surface area contributed by atoms with Gasteiger partial charge in [-0.1, -0.05) is 72.8 Å². The first-order valence-electron chi connectivity index (χ1n) is 12.6. The maximum atomic E-state index is 4.53. The van der Waals surface area contributed by atoms with Crippen molar-refractivity contribution in [1.29, 1.82) is 0 Å². The molecule has 4 nitrogen and oxygen atoms in total. The van der Waals surface area contributed by atoms with Crippen LogP contribution >= 0.6 is 0 Å². The van der Waals surface area contributed by atoms with Gasteiger partial charge in [-0.15, -0.1) is 0 Å². The van der Waals surface area contributed by atoms with E-state index in [9.17, 15) is 0 Å². The second kappa shape index (κ2) is 8.15. The Morgan fingerprint density at radius 3 is 1.11 bits per heavy atom. The second-order valence-corrected chi connectivity index (χ2v) is 9.51. The molecule has 0 aliphatic heterocycles. The van der Waals surface area contributed by atoms with E-state index in [-0.39, 0.29) is 0 Å². The van der Waals surface area contributed by atoms with E-state index in [0.717, 1.165) is 22.8 Å². The van der Waals surface area contributed by atoms with Crippen molar-refractivity contribution < 1.29 is 0 Å². The Morgan fingerprint density at radius 2 is 0.684 bits per heavy atom. The molecule has 2 heterocycles. The molecule has 8 aromatic rings. The van der Waals surface area contributed by atoms with Gasteiger partial charge in [0.1, 0.15) is 0 Å². The summed E-state index contributed by atoms with van der Waals surface area (Å²) < 4.78 is 0. The van der Waals surface area contributed by atoms with Gasteiger partial charge in [0.05, 0.1) is 0 Å². The Bertz CT molecular complexity index is 2010. The minimum absolute atomic E-state index is 0.726. The highest BCUT2D eigenvalue weighted by Crippen LogP contribution is 2.45. The third-order valence-electron chi connectivity index (χ3n) is 7.45. The van der Waals surface area contributed by atoms with E-state index in [1.54, 1.807) is 24.8 Å². The zero-order chi connectivity index (χ0) is 25.1. The molecule has 0 radical (unpaired) electrons. The summed E-state index contributed by atoms with van der Waals surface area (Å²) in [5.74, 6) is 1.45. The fourth-order valence-corrected chi connectivity index (χ4v) is 5.85. The Morgan fingerprint density at radius 1 is 0.316 bits per heavy atom. The molecule has 0 bridgehead atoms. The Kier molecular flexibility index (Phi) is 4.49. The molecule has 176 valence electrons. The van der Waals surface area contributed by atoms with Crippen molar-refractivity contribution in [2.24, 2.45) is 0 Å². The summed E-state index contributed by atoms with van der Waals surface area (Å²) >= 11 is 0. The van der Waals surface area contributed by atoms with Gasteiger partial charge in [0.25, 0.3) is 0 Å². The topological polar surface area (TPSA) is 51.6 Å². The van der Waals surface area contributed by atoms with Gasteiger partial charge in [0, 0.05) is 35.9 Å². The van der Waals surface area contributed by atoms with Crippen LogP contribution in [-0.2, 0) is 0 Å². The van der Waals surface area contributed by atoms with Gasteiger partial charge in [-0.2, -0.15) is 0 Å². The zero-order valence-electron chi connectivity index (χ0n) is 20.3. The molecule has 38 heavy (non-hydrogen) atoms. The van der Waals surface area contributed by atoms with Crippen LogP contribution in [0.3, 0.4) is 0 Å². The molecule has 0 amide bonds. The van der Waals surface area contributed by atoms with Crippen LogP contribution in [0, 0.1) is 0 Å². The quantitative estimate of drug-likeness (QED) is 0.231. The van der Waals surface area contributed by atoms with Gasteiger partial charge >= 0.3 is 0 Å². The first kappa shape index (κ1) is 20.9. The molecule has 0 aliphatic rings. The van der Waals surface area contributed by atoms with Crippen molar-refractivity contribution in [2.75, 3.05) is 0 Å². The highest BCUT2D eigenvalue weighted by Gasteiger charge is 2.17. The Balaban J connectivity index is 1.63. The van der Waals surface area contributed by atoms with Crippen LogP contribution in [-0.4, -0.2) is 19.9 Å². The summed E-state index contributed by atoms with van der Waals surface area (Å²) in [6, 6.07) is 34.3. The number of benzene rings is 6. The largest absolute Gasteiger partial charge is 0.237 e. The lowest BCUT2D eigenvalue weighted by molar-refractivity contribution is 1.18. The fraction of sp³-hybridized carbons (Fsp3) is 0. The smallest absolute Gasteiger partial charge is 0.159 e. The molecule has 0 fully saturated rings. The number of rotatable bonds is 2. The molecular weight excluding hydrogens is 464 g/mol. The molecule has 0 unspecified atom stereocenters. The summed E-state index contributed by atoms with van der Waals surface area (Å²) in [6.45, 7) is 0. The first-order chi connectivity index (χ1) is 18.9. The molecule has 0 saturated carbocycles. The van der Waals surface area contributed by atoms with E-state index in [0.29, 0.717) is 0 Å². The van der Waals surface area contributed by atoms with E-state index in [2.05, 4.69) is 105 Å². The van der Waals surface area contributed by atoms with Gasteiger partial charge in [-0.3, -0.25) is 0 Å². The standard InChI is InChI=1S/C34H20N4/c1-3-9-27-23(7-1)25-13-11-21(33-35-15-5-16-36-33)19-29(25)32-28-10-4-2-8-24(28)26-14-12-22(20-30(26)31(27)32)34-37-17-6-18-38-34/h1-20H. The van der Waals surface area contributed by atoms with Crippen LogP contribution in [0.25, 0.3) is 76.6 Å². The molecule has 0 saturated heterocycles. The third-order valence-corrected chi connectivity index (χ3v) is 7.45. The van der Waals surface area contributed by atoms with Gasteiger partial charge in [-0.05, 0) is 78.1 Å². The van der Waals surface area contributed by atoms with Crippen LogP contribution in [0.1, 0.15) is 0 Å². The Hall–Kier alpha value is -5.22. The van der Waals surface area contributed by atoms with Crippen molar-refractivity contribution in [3.8, 4) is 22.8 Å². The van der Waals surface area contributed by atoms with E-state index in [1.807, 2.05) is 12.1 Å². The van der Waals surface area contributed by atoms with Crippen molar-refractivity contribution in [2.45, 2.75) is 0 Å². The second-order valence-electron chi connectivity index (χ2n) is 9.51. The van der Waals surface area contributed by atoms with E-state index < -0.39 is 0 Å².